The lowest BCUT2D eigenvalue weighted by atomic mass is 10.1. The number of rotatable bonds is 7. The summed E-state index contributed by atoms with van der Waals surface area (Å²) >= 11 is 6.15. The van der Waals surface area contributed by atoms with Gasteiger partial charge in [0.05, 0.1) is 25.7 Å². The molecule has 1 amide bonds. The lowest BCUT2D eigenvalue weighted by molar-refractivity contribution is -0.114. The van der Waals surface area contributed by atoms with Crippen LogP contribution in [-0.4, -0.2) is 28.1 Å². The second kappa shape index (κ2) is 11.4. The highest BCUT2D eigenvalue weighted by atomic mass is 35.5. The van der Waals surface area contributed by atoms with Gasteiger partial charge in [0.1, 0.15) is 0 Å². The number of carbonyl (C=O) groups excluding carboxylic acids is 1. The van der Waals surface area contributed by atoms with Gasteiger partial charge in [-0.1, -0.05) is 41.9 Å². The maximum atomic E-state index is 13.2. The van der Waals surface area contributed by atoms with Crippen molar-refractivity contribution in [3.63, 3.8) is 0 Å². The highest BCUT2D eigenvalue weighted by Crippen LogP contribution is 2.27. The molecule has 0 radical (unpaired) electrons. The largest absolute Gasteiger partial charge is 0.504 e. The second-order valence-electron chi connectivity index (χ2n) is 7.32. The van der Waals surface area contributed by atoms with E-state index in [0.717, 1.165) is 22.5 Å². The summed E-state index contributed by atoms with van der Waals surface area (Å²) in [5, 5.41) is 10.6. The maximum absolute atomic E-state index is 13.2. The first-order valence-electron chi connectivity index (χ1n) is 10.2. The van der Waals surface area contributed by atoms with Crippen molar-refractivity contribution in [3.8, 4) is 22.8 Å². The van der Waals surface area contributed by atoms with Gasteiger partial charge in [-0.25, -0.2) is 4.98 Å². The number of ether oxygens (including phenoxy) is 1. The number of aromatic amines is 1. The number of anilines is 1. The van der Waals surface area contributed by atoms with Crippen molar-refractivity contribution < 1.29 is 14.6 Å². The summed E-state index contributed by atoms with van der Waals surface area (Å²) in [7, 11) is 1.49. The van der Waals surface area contributed by atoms with E-state index >= 15 is 0 Å². The van der Waals surface area contributed by atoms with Crippen molar-refractivity contribution >= 4 is 41.7 Å². The zero-order chi connectivity index (χ0) is 23.2. The van der Waals surface area contributed by atoms with Crippen LogP contribution < -0.4 is 9.64 Å². The molecular weight excluding hydrogens is 473 g/mol. The van der Waals surface area contributed by atoms with Crippen LogP contribution in [0.5, 0.6) is 11.5 Å². The second-order valence-corrected chi connectivity index (χ2v) is 7.76. The first-order chi connectivity index (χ1) is 16.0. The fourth-order valence-electron chi connectivity index (χ4n) is 3.41. The number of carbonyl (C=O) groups is 1. The van der Waals surface area contributed by atoms with Crippen molar-refractivity contribution in [1.29, 1.82) is 0 Å². The molecule has 1 aromatic heterocycles. The van der Waals surface area contributed by atoms with Gasteiger partial charge in [0.25, 0.3) is 5.91 Å². The lowest BCUT2D eigenvalue weighted by Gasteiger charge is -2.22. The normalized spacial score (nSPS) is 10.6. The minimum Gasteiger partial charge on any atom is -0.504 e. The Morgan fingerprint density at radius 1 is 1.15 bits per heavy atom. The highest BCUT2D eigenvalue weighted by molar-refractivity contribution is 6.30. The third-order valence-corrected chi connectivity index (χ3v) is 5.33. The molecule has 0 aliphatic rings. The predicted octanol–water partition coefficient (Wildman–Crippen LogP) is 6.11. The Morgan fingerprint density at radius 2 is 1.94 bits per heavy atom. The number of phenols is 1. The lowest BCUT2D eigenvalue weighted by Crippen LogP contribution is -2.28. The number of methoxy groups -OCH3 is 1. The zero-order valence-electron chi connectivity index (χ0n) is 18.3. The molecule has 0 aliphatic carbocycles. The van der Waals surface area contributed by atoms with E-state index in [1.54, 1.807) is 41.6 Å². The van der Waals surface area contributed by atoms with Crippen molar-refractivity contribution in [2.45, 2.75) is 6.54 Å². The Kier molecular flexibility index (Phi) is 8.35. The summed E-state index contributed by atoms with van der Waals surface area (Å²) in [4.78, 5) is 22.1. The number of hydrogen-bond acceptors (Lipinski definition) is 4. The number of aromatic nitrogens is 2. The first kappa shape index (κ1) is 24.9. The van der Waals surface area contributed by atoms with Gasteiger partial charge < -0.3 is 19.7 Å². The van der Waals surface area contributed by atoms with Crippen molar-refractivity contribution in [2.24, 2.45) is 0 Å². The van der Waals surface area contributed by atoms with Crippen LogP contribution in [0.4, 0.5) is 5.69 Å². The standard InChI is InChI=1S/C26H22ClN3O3.ClH/c1-33-25-11-5-18(14-24(25)31)6-12-26(32)30(16-19-3-2-4-21(27)13-19)22-9-7-20(8-10-22)23-15-28-17-29-23;/h2-15,17,31H,16H2,1H3,(H,28,29);1H/b12-6+;. The van der Waals surface area contributed by atoms with Gasteiger partial charge in [-0.3, -0.25) is 4.79 Å². The number of nitrogens with one attached hydrogen (secondary N) is 1. The number of nitrogens with zero attached hydrogens (tertiary/aromatic N) is 2. The van der Waals surface area contributed by atoms with Gasteiger partial charge in [-0.15, -0.1) is 12.4 Å². The zero-order valence-corrected chi connectivity index (χ0v) is 19.9. The van der Waals surface area contributed by atoms with Crippen LogP contribution in [0.15, 0.2) is 85.3 Å². The highest BCUT2D eigenvalue weighted by Gasteiger charge is 2.15. The van der Waals surface area contributed by atoms with Gasteiger partial charge in [0.15, 0.2) is 11.5 Å². The topological polar surface area (TPSA) is 78.5 Å². The SMILES string of the molecule is COc1ccc(/C=C/C(=O)N(Cc2cccc(Cl)c2)c2ccc(-c3c[nH]cn3)cc2)cc1O.Cl. The fraction of sp³-hybridized carbons (Fsp3) is 0.0769. The van der Waals surface area contributed by atoms with Gasteiger partial charge >= 0.3 is 0 Å². The summed E-state index contributed by atoms with van der Waals surface area (Å²) < 4.78 is 5.07. The number of halogens is 2. The molecule has 0 bridgehead atoms. The first-order valence-corrected chi connectivity index (χ1v) is 10.6. The van der Waals surface area contributed by atoms with E-state index < -0.39 is 0 Å². The van der Waals surface area contributed by atoms with E-state index in [4.69, 9.17) is 16.3 Å². The van der Waals surface area contributed by atoms with Crippen LogP contribution >= 0.6 is 24.0 Å². The fourth-order valence-corrected chi connectivity index (χ4v) is 3.63. The molecule has 0 unspecified atom stereocenters. The van der Waals surface area contributed by atoms with Gasteiger partial charge in [0, 0.05) is 28.5 Å². The molecule has 1 heterocycles. The van der Waals surface area contributed by atoms with Crippen molar-refractivity contribution in [2.75, 3.05) is 12.0 Å². The van der Waals surface area contributed by atoms with E-state index in [1.807, 2.05) is 48.7 Å². The number of hydrogen-bond donors (Lipinski definition) is 2. The van der Waals surface area contributed by atoms with E-state index in [-0.39, 0.29) is 24.1 Å². The minimum absolute atomic E-state index is 0. The number of H-pyrrole nitrogens is 1. The Balaban J connectivity index is 0.00000324. The number of benzene rings is 3. The van der Waals surface area contributed by atoms with Crippen molar-refractivity contribution in [1.82, 2.24) is 9.97 Å². The smallest absolute Gasteiger partial charge is 0.251 e. The van der Waals surface area contributed by atoms with Crippen LogP contribution in [0.2, 0.25) is 5.02 Å². The molecule has 0 saturated heterocycles. The van der Waals surface area contributed by atoms with Crippen molar-refractivity contribution in [3.05, 3.63) is 101 Å². The molecule has 4 rings (SSSR count). The van der Waals surface area contributed by atoms with Gasteiger partial charge in [-0.05, 0) is 53.6 Å². The molecule has 0 saturated carbocycles. The number of imidazole rings is 1. The molecule has 2 N–H and O–H groups in total. The molecular formula is C26H23Cl2N3O3. The molecule has 34 heavy (non-hydrogen) atoms. The maximum Gasteiger partial charge on any atom is 0.251 e. The molecule has 0 atom stereocenters. The summed E-state index contributed by atoms with van der Waals surface area (Å²) in [6, 6.07) is 20.0. The quantitative estimate of drug-likeness (QED) is 0.303. The van der Waals surface area contributed by atoms with E-state index in [2.05, 4.69) is 9.97 Å². The summed E-state index contributed by atoms with van der Waals surface area (Å²) in [5.41, 5.74) is 4.09. The monoisotopic (exact) mass is 495 g/mol. The van der Waals surface area contributed by atoms with Gasteiger partial charge in [-0.2, -0.15) is 0 Å². The third-order valence-electron chi connectivity index (χ3n) is 5.09. The summed E-state index contributed by atoms with van der Waals surface area (Å²) in [6.45, 7) is 0.347. The summed E-state index contributed by atoms with van der Waals surface area (Å²) in [5.74, 6) is 0.174. The number of amides is 1. The Morgan fingerprint density at radius 3 is 2.59 bits per heavy atom. The predicted molar refractivity (Wildman–Crippen MR) is 138 cm³/mol. The molecule has 3 aromatic carbocycles. The van der Waals surface area contributed by atoms with Crippen LogP contribution in [0, 0.1) is 0 Å². The van der Waals surface area contributed by atoms with E-state index in [0.29, 0.717) is 22.9 Å². The van der Waals surface area contributed by atoms with Crippen LogP contribution in [0.3, 0.4) is 0 Å². The van der Waals surface area contributed by atoms with Gasteiger partial charge in [0.2, 0.25) is 0 Å². The number of aromatic hydroxyl groups is 1. The van der Waals surface area contributed by atoms with E-state index in [1.165, 1.54) is 13.2 Å². The van der Waals surface area contributed by atoms with Crippen LogP contribution in [0.1, 0.15) is 11.1 Å². The van der Waals surface area contributed by atoms with Crippen LogP contribution in [0.25, 0.3) is 17.3 Å². The molecule has 4 aromatic rings. The average Bonchev–Trinajstić information content (AvgIpc) is 3.36. The molecule has 6 nitrogen and oxygen atoms in total. The molecule has 0 spiro atoms. The summed E-state index contributed by atoms with van der Waals surface area (Å²) in [6.07, 6.45) is 6.58. The Labute approximate surface area is 208 Å². The molecule has 0 aliphatic heterocycles. The minimum atomic E-state index is -0.210. The molecule has 8 heteroatoms. The van der Waals surface area contributed by atoms with Crippen LogP contribution in [-0.2, 0) is 11.3 Å². The average molecular weight is 496 g/mol. The van der Waals surface area contributed by atoms with E-state index in [9.17, 15) is 9.90 Å². The molecule has 174 valence electrons. The molecule has 0 fully saturated rings. The Hall–Kier alpha value is -3.74. The Bertz CT molecular complexity index is 1270. The number of phenolic OH excluding ortho intramolecular Hbond substituents is 1. The third kappa shape index (κ3) is 5.98.